The van der Waals surface area contributed by atoms with Gasteiger partial charge in [-0.25, -0.2) is 4.79 Å². The van der Waals surface area contributed by atoms with E-state index in [1.807, 2.05) is 4.90 Å². The number of nitrogens with zero attached hydrogens (tertiary/aromatic N) is 1. The number of furan rings is 1. The van der Waals surface area contributed by atoms with Crippen LogP contribution in [0.1, 0.15) is 5.76 Å². The first-order valence-corrected chi connectivity index (χ1v) is 5.71. The van der Waals surface area contributed by atoms with Crippen molar-refractivity contribution in [3.63, 3.8) is 0 Å². The standard InChI is InChI=1S/C11H16N4O3/c12-8-5-15(6-8)7-10(16)14-11(17)13-4-9-2-1-3-18-9/h1-3,8H,4-7,12H2,(H2,13,14,16,17). The fourth-order valence-corrected chi connectivity index (χ4v) is 1.73. The van der Waals surface area contributed by atoms with Crippen LogP contribution in [-0.2, 0) is 11.3 Å². The van der Waals surface area contributed by atoms with E-state index in [4.69, 9.17) is 10.2 Å². The second-order valence-electron chi connectivity index (χ2n) is 4.26. The van der Waals surface area contributed by atoms with Crippen LogP contribution in [0.4, 0.5) is 4.79 Å². The molecule has 2 rings (SSSR count). The minimum atomic E-state index is -0.527. The van der Waals surface area contributed by atoms with Crippen molar-refractivity contribution in [2.45, 2.75) is 12.6 Å². The number of imide groups is 1. The first-order chi connectivity index (χ1) is 8.63. The van der Waals surface area contributed by atoms with Crippen molar-refractivity contribution in [2.24, 2.45) is 5.73 Å². The Morgan fingerprint density at radius 2 is 2.28 bits per heavy atom. The highest BCUT2D eigenvalue weighted by Crippen LogP contribution is 2.03. The van der Waals surface area contributed by atoms with E-state index in [2.05, 4.69) is 10.6 Å². The Bertz CT molecular complexity index is 412. The van der Waals surface area contributed by atoms with Crippen molar-refractivity contribution >= 4 is 11.9 Å². The van der Waals surface area contributed by atoms with E-state index in [1.165, 1.54) is 6.26 Å². The van der Waals surface area contributed by atoms with Crippen molar-refractivity contribution in [1.82, 2.24) is 15.5 Å². The molecular formula is C11H16N4O3. The van der Waals surface area contributed by atoms with E-state index in [-0.39, 0.29) is 25.0 Å². The van der Waals surface area contributed by atoms with E-state index < -0.39 is 6.03 Å². The zero-order chi connectivity index (χ0) is 13.0. The maximum atomic E-state index is 11.4. The van der Waals surface area contributed by atoms with Gasteiger partial charge >= 0.3 is 6.03 Å². The summed E-state index contributed by atoms with van der Waals surface area (Å²) in [6.45, 7) is 1.84. The molecule has 1 fully saturated rings. The van der Waals surface area contributed by atoms with E-state index in [0.717, 1.165) is 0 Å². The van der Waals surface area contributed by atoms with Gasteiger partial charge < -0.3 is 15.5 Å². The molecule has 1 aromatic heterocycles. The lowest BCUT2D eigenvalue weighted by Crippen LogP contribution is -2.58. The predicted molar refractivity (Wildman–Crippen MR) is 63.5 cm³/mol. The highest BCUT2D eigenvalue weighted by atomic mass is 16.3. The number of likely N-dealkylation sites (tertiary alicyclic amines) is 1. The number of amides is 3. The van der Waals surface area contributed by atoms with Gasteiger partial charge in [0, 0.05) is 19.1 Å². The minimum Gasteiger partial charge on any atom is -0.467 e. The summed E-state index contributed by atoms with van der Waals surface area (Å²) in [6.07, 6.45) is 1.52. The lowest BCUT2D eigenvalue weighted by atomic mass is 10.1. The smallest absolute Gasteiger partial charge is 0.321 e. The molecule has 0 spiro atoms. The Labute approximate surface area is 104 Å². The van der Waals surface area contributed by atoms with Crippen molar-refractivity contribution in [3.05, 3.63) is 24.2 Å². The molecule has 0 saturated carbocycles. The van der Waals surface area contributed by atoms with Crippen molar-refractivity contribution in [2.75, 3.05) is 19.6 Å². The van der Waals surface area contributed by atoms with Crippen LogP contribution in [0.3, 0.4) is 0 Å². The maximum Gasteiger partial charge on any atom is 0.321 e. The summed E-state index contributed by atoms with van der Waals surface area (Å²) >= 11 is 0. The van der Waals surface area contributed by atoms with Crippen molar-refractivity contribution in [1.29, 1.82) is 0 Å². The first kappa shape index (κ1) is 12.6. The molecule has 2 heterocycles. The summed E-state index contributed by atoms with van der Waals surface area (Å²) in [4.78, 5) is 24.7. The fourth-order valence-electron chi connectivity index (χ4n) is 1.73. The SMILES string of the molecule is NC1CN(CC(=O)NC(=O)NCc2ccco2)C1. The van der Waals surface area contributed by atoms with Gasteiger partial charge in [0.1, 0.15) is 5.76 Å². The number of carbonyl (C=O) groups is 2. The number of rotatable bonds is 4. The molecule has 1 aliphatic rings. The third-order valence-corrected chi connectivity index (χ3v) is 2.61. The fraction of sp³-hybridized carbons (Fsp3) is 0.455. The van der Waals surface area contributed by atoms with Crippen LogP contribution >= 0.6 is 0 Å². The van der Waals surface area contributed by atoms with E-state index >= 15 is 0 Å². The quantitative estimate of drug-likeness (QED) is 0.654. The van der Waals surface area contributed by atoms with Crippen LogP contribution in [0, 0.1) is 0 Å². The van der Waals surface area contributed by atoms with Gasteiger partial charge in [-0.15, -0.1) is 0 Å². The van der Waals surface area contributed by atoms with Crippen LogP contribution in [0.25, 0.3) is 0 Å². The van der Waals surface area contributed by atoms with E-state index in [9.17, 15) is 9.59 Å². The molecule has 0 unspecified atom stereocenters. The van der Waals surface area contributed by atoms with Gasteiger partial charge in [-0.05, 0) is 12.1 Å². The molecule has 1 aromatic rings. The average molecular weight is 252 g/mol. The second-order valence-corrected chi connectivity index (χ2v) is 4.26. The molecular weight excluding hydrogens is 236 g/mol. The van der Waals surface area contributed by atoms with E-state index in [1.54, 1.807) is 12.1 Å². The molecule has 7 heteroatoms. The van der Waals surface area contributed by atoms with Crippen LogP contribution in [0.15, 0.2) is 22.8 Å². The lowest BCUT2D eigenvalue weighted by Gasteiger charge is -2.35. The summed E-state index contributed by atoms with van der Waals surface area (Å²) in [5.41, 5.74) is 5.58. The summed E-state index contributed by atoms with van der Waals surface area (Å²) in [6, 6.07) is 3.09. The summed E-state index contributed by atoms with van der Waals surface area (Å²) in [7, 11) is 0. The number of urea groups is 1. The van der Waals surface area contributed by atoms with Crippen LogP contribution in [-0.4, -0.2) is 42.5 Å². The number of carbonyl (C=O) groups excluding carboxylic acids is 2. The molecule has 18 heavy (non-hydrogen) atoms. The average Bonchev–Trinajstić information content (AvgIpc) is 2.77. The maximum absolute atomic E-state index is 11.4. The number of hydrogen-bond acceptors (Lipinski definition) is 5. The molecule has 7 nitrogen and oxygen atoms in total. The Morgan fingerprint density at radius 1 is 1.50 bits per heavy atom. The van der Waals surface area contributed by atoms with E-state index in [0.29, 0.717) is 18.8 Å². The molecule has 0 radical (unpaired) electrons. The number of nitrogens with two attached hydrogens (primary N) is 1. The van der Waals surface area contributed by atoms with Crippen LogP contribution in [0.2, 0.25) is 0 Å². The molecule has 3 amide bonds. The lowest BCUT2D eigenvalue weighted by molar-refractivity contribution is -0.122. The normalized spacial score (nSPS) is 16.1. The molecule has 1 aliphatic heterocycles. The van der Waals surface area contributed by atoms with Crippen molar-refractivity contribution in [3.8, 4) is 0 Å². The molecule has 0 aliphatic carbocycles. The highest BCUT2D eigenvalue weighted by Gasteiger charge is 2.25. The van der Waals surface area contributed by atoms with Crippen LogP contribution in [0.5, 0.6) is 0 Å². The van der Waals surface area contributed by atoms with Crippen molar-refractivity contribution < 1.29 is 14.0 Å². The van der Waals surface area contributed by atoms with Crippen LogP contribution < -0.4 is 16.4 Å². The van der Waals surface area contributed by atoms with Gasteiger partial charge in [-0.2, -0.15) is 0 Å². The molecule has 0 atom stereocenters. The monoisotopic (exact) mass is 252 g/mol. The summed E-state index contributed by atoms with van der Waals surface area (Å²) in [5.74, 6) is 0.296. The zero-order valence-electron chi connectivity index (χ0n) is 9.89. The third-order valence-electron chi connectivity index (χ3n) is 2.61. The summed E-state index contributed by atoms with van der Waals surface area (Å²) in [5, 5.41) is 4.77. The molecule has 1 saturated heterocycles. The molecule has 4 N–H and O–H groups in total. The van der Waals surface area contributed by atoms with Gasteiger partial charge in [-0.3, -0.25) is 15.0 Å². The molecule has 98 valence electrons. The number of hydrogen-bond donors (Lipinski definition) is 3. The largest absolute Gasteiger partial charge is 0.467 e. The Balaban J connectivity index is 1.63. The van der Waals surface area contributed by atoms with Gasteiger partial charge in [0.2, 0.25) is 5.91 Å². The van der Waals surface area contributed by atoms with Gasteiger partial charge in [0.05, 0.1) is 19.4 Å². The van der Waals surface area contributed by atoms with Gasteiger partial charge in [0.25, 0.3) is 0 Å². The Kier molecular flexibility index (Phi) is 3.96. The third kappa shape index (κ3) is 3.57. The minimum absolute atomic E-state index is 0.144. The molecule has 0 aromatic carbocycles. The zero-order valence-corrected chi connectivity index (χ0v) is 9.89. The topological polar surface area (TPSA) is 101 Å². The Hall–Kier alpha value is -1.86. The number of nitrogens with one attached hydrogen (secondary N) is 2. The molecule has 0 bridgehead atoms. The second kappa shape index (κ2) is 5.65. The van der Waals surface area contributed by atoms with Gasteiger partial charge in [0.15, 0.2) is 0 Å². The Morgan fingerprint density at radius 3 is 2.89 bits per heavy atom. The van der Waals surface area contributed by atoms with Gasteiger partial charge in [-0.1, -0.05) is 0 Å². The summed E-state index contributed by atoms with van der Waals surface area (Å²) < 4.78 is 5.04. The predicted octanol–water partition coefficient (Wildman–Crippen LogP) is -0.752. The highest BCUT2D eigenvalue weighted by molar-refractivity contribution is 5.95. The first-order valence-electron chi connectivity index (χ1n) is 5.71.